The summed E-state index contributed by atoms with van der Waals surface area (Å²) < 4.78 is 1.42. The van der Waals surface area contributed by atoms with Gasteiger partial charge in [-0.1, -0.05) is 26.7 Å². The van der Waals surface area contributed by atoms with Gasteiger partial charge in [0.2, 0.25) is 5.91 Å². The van der Waals surface area contributed by atoms with E-state index in [1.807, 2.05) is 13.8 Å². The maximum atomic E-state index is 12.7. The number of aromatic nitrogens is 2. The van der Waals surface area contributed by atoms with E-state index in [4.69, 9.17) is 0 Å². The second-order valence-corrected chi connectivity index (χ2v) is 8.29. The van der Waals surface area contributed by atoms with Gasteiger partial charge >= 0.3 is 0 Å². The molecule has 130 valence electrons. The lowest BCUT2D eigenvalue weighted by Crippen LogP contribution is -2.45. The maximum Gasteiger partial charge on any atom is 0.262 e. The van der Waals surface area contributed by atoms with E-state index in [1.165, 1.54) is 28.7 Å². The predicted molar refractivity (Wildman–Crippen MR) is 97.5 cm³/mol. The number of amides is 1. The molecule has 3 atom stereocenters. The Morgan fingerprint density at radius 1 is 1.38 bits per heavy atom. The van der Waals surface area contributed by atoms with E-state index >= 15 is 0 Å². The molecule has 0 radical (unpaired) electrons. The molecular formula is C18H25N3O2S. The highest BCUT2D eigenvalue weighted by Gasteiger charge is 2.28. The SMILES string of the molecule is Cc1sc2ncn(CC(=O)N[C@H]3CCC[C@@H](C)[C@@H]3C)c(=O)c2c1C. The molecule has 0 spiro atoms. The lowest BCUT2D eigenvalue weighted by Gasteiger charge is -2.34. The highest BCUT2D eigenvalue weighted by molar-refractivity contribution is 7.18. The second-order valence-electron chi connectivity index (χ2n) is 7.08. The van der Waals surface area contributed by atoms with Crippen LogP contribution < -0.4 is 10.9 Å². The molecule has 2 aromatic rings. The summed E-state index contributed by atoms with van der Waals surface area (Å²) in [5, 5.41) is 3.76. The number of nitrogens with one attached hydrogen (secondary N) is 1. The number of rotatable bonds is 3. The number of carbonyl (C=O) groups excluding carboxylic acids is 1. The molecule has 1 aliphatic carbocycles. The number of carbonyl (C=O) groups is 1. The van der Waals surface area contributed by atoms with Gasteiger partial charge in [-0.2, -0.15) is 0 Å². The average molecular weight is 347 g/mol. The van der Waals surface area contributed by atoms with Gasteiger partial charge in [-0.15, -0.1) is 11.3 Å². The number of hydrogen-bond donors (Lipinski definition) is 1. The number of thiophene rings is 1. The Labute approximate surface area is 146 Å². The van der Waals surface area contributed by atoms with Crippen LogP contribution in [-0.4, -0.2) is 21.5 Å². The Bertz CT molecular complexity index is 824. The molecule has 0 bridgehead atoms. The maximum absolute atomic E-state index is 12.7. The van der Waals surface area contributed by atoms with Crippen molar-refractivity contribution in [3.8, 4) is 0 Å². The van der Waals surface area contributed by atoms with Crippen LogP contribution in [0.4, 0.5) is 0 Å². The van der Waals surface area contributed by atoms with Crippen molar-refractivity contribution < 1.29 is 4.79 Å². The summed E-state index contributed by atoms with van der Waals surface area (Å²) >= 11 is 1.52. The summed E-state index contributed by atoms with van der Waals surface area (Å²) in [6.07, 6.45) is 4.89. The fourth-order valence-electron chi connectivity index (χ4n) is 3.58. The van der Waals surface area contributed by atoms with Crippen molar-refractivity contribution in [2.45, 2.75) is 59.5 Å². The van der Waals surface area contributed by atoms with Crippen molar-refractivity contribution in [1.82, 2.24) is 14.9 Å². The highest BCUT2D eigenvalue weighted by Crippen LogP contribution is 2.29. The van der Waals surface area contributed by atoms with E-state index < -0.39 is 0 Å². The smallest absolute Gasteiger partial charge is 0.262 e. The van der Waals surface area contributed by atoms with Crippen molar-refractivity contribution in [3.05, 3.63) is 27.1 Å². The number of aryl methyl sites for hydroxylation is 2. The van der Waals surface area contributed by atoms with Gasteiger partial charge in [-0.25, -0.2) is 4.98 Å². The van der Waals surface area contributed by atoms with Crippen LogP contribution in [0, 0.1) is 25.7 Å². The molecule has 3 rings (SSSR count). The average Bonchev–Trinajstić information content (AvgIpc) is 2.82. The topological polar surface area (TPSA) is 64.0 Å². The predicted octanol–water partition coefficient (Wildman–Crippen LogP) is 3.02. The molecule has 2 aromatic heterocycles. The molecule has 0 unspecified atom stereocenters. The van der Waals surface area contributed by atoms with E-state index in [1.54, 1.807) is 0 Å². The second kappa shape index (κ2) is 6.67. The van der Waals surface area contributed by atoms with Crippen LogP contribution in [0.1, 0.15) is 43.6 Å². The van der Waals surface area contributed by atoms with Gasteiger partial charge in [0, 0.05) is 10.9 Å². The molecule has 1 amide bonds. The van der Waals surface area contributed by atoms with Crippen LogP contribution in [0.25, 0.3) is 10.2 Å². The van der Waals surface area contributed by atoms with Gasteiger partial charge in [0.15, 0.2) is 0 Å². The van der Waals surface area contributed by atoms with E-state index in [2.05, 4.69) is 24.1 Å². The molecule has 6 heteroatoms. The van der Waals surface area contributed by atoms with Crippen LogP contribution in [0.15, 0.2) is 11.1 Å². The van der Waals surface area contributed by atoms with Gasteiger partial charge in [0.05, 0.1) is 11.7 Å². The summed E-state index contributed by atoms with van der Waals surface area (Å²) in [6, 6.07) is 0.207. The van der Waals surface area contributed by atoms with Gasteiger partial charge < -0.3 is 5.32 Å². The summed E-state index contributed by atoms with van der Waals surface area (Å²) in [7, 11) is 0. The fraction of sp³-hybridized carbons (Fsp3) is 0.611. The van der Waals surface area contributed by atoms with Crippen LogP contribution in [0.3, 0.4) is 0 Å². The molecule has 2 heterocycles. The molecule has 1 N–H and O–H groups in total. The van der Waals surface area contributed by atoms with E-state index in [-0.39, 0.29) is 24.1 Å². The molecule has 1 aliphatic rings. The van der Waals surface area contributed by atoms with Crippen LogP contribution in [0.5, 0.6) is 0 Å². The summed E-state index contributed by atoms with van der Waals surface area (Å²) in [5.74, 6) is 0.997. The van der Waals surface area contributed by atoms with Crippen LogP contribution >= 0.6 is 11.3 Å². The molecule has 24 heavy (non-hydrogen) atoms. The molecule has 5 nitrogen and oxygen atoms in total. The largest absolute Gasteiger partial charge is 0.352 e. The first-order chi connectivity index (χ1) is 11.4. The van der Waals surface area contributed by atoms with Gasteiger partial charge in [0.1, 0.15) is 11.4 Å². The van der Waals surface area contributed by atoms with Crippen molar-refractivity contribution in [2.24, 2.45) is 11.8 Å². The third-order valence-corrected chi connectivity index (χ3v) is 6.64. The van der Waals surface area contributed by atoms with Crippen molar-refractivity contribution in [1.29, 1.82) is 0 Å². The van der Waals surface area contributed by atoms with Crippen molar-refractivity contribution in [3.63, 3.8) is 0 Å². The van der Waals surface area contributed by atoms with Gasteiger partial charge in [-0.05, 0) is 37.7 Å². The Morgan fingerprint density at radius 3 is 2.88 bits per heavy atom. The summed E-state index contributed by atoms with van der Waals surface area (Å²) in [5.41, 5.74) is 0.846. The quantitative estimate of drug-likeness (QED) is 0.928. The Balaban J connectivity index is 1.77. The number of nitrogens with zero attached hydrogens (tertiary/aromatic N) is 2. The monoisotopic (exact) mass is 347 g/mol. The molecule has 1 fully saturated rings. The Morgan fingerprint density at radius 2 is 2.12 bits per heavy atom. The number of hydrogen-bond acceptors (Lipinski definition) is 4. The zero-order valence-electron chi connectivity index (χ0n) is 14.8. The lowest BCUT2D eigenvalue weighted by atomic mass is 9.78. The first-order valence-electron chi connectivity index (χ1n) is 8.63. The highest BCUT2D eigenvalue weighted by atomic mass is 32.1. The standard InChI is InChI=1S/C18H25N3O2S/c1-10-6-5-7-14(11(10)2)20-15(22)8-21-9-19-17-16(18(21)23)12(3)13(4)24-17/h9-11,14H,5-8H2,1-4H3,(H,20,22)/t10-,11+,14+/m1/s1. The van der Waals surface area contributed by atoms with Crippen LogP contribution in [0.2, 0.25) is 0 Å². The first kappa shape index (κ1) is 17.1. The normalized spacial score (nSPS) is 24.2. The Kier molecular flexibility index (Phi) is 4.76. The Hall–Kier alpha value is -1.69. The number of fused-ring (bicyclic) bond motifs is 1. The zero-order valence-corrected chi connectivity index (χ0v) is 15.6. The molecule has 0 saturated heterocycles. The third-order valence-electron chi connectivity index (χ3n) is 5.52. The molecule has 0 aliphatic heterocycles. The van der Waals surface area contributed by atoms with E-state index in [9.17, 15) is 9.59 Å². The first-order valence-corrected chi connectivity index (χ1v) is 9.44. The fourth-order valence-corrected chi connectivity index (χ4v) is 4.56. The van der Waals surface area contributed by atoms with Gasteiger partial charge in [0.25, 0.3) is 5.56 Å². The molecule has 1 saturated carbocycles. The molecule has 0 aromatic carbocycles. The molecular weight excluding hydrogens is 322 g/mol. The minimum Gasteiger partial charge on any atom is -0.352 e. The minimum absolute atomic E-state index is 0.0354. The van der Waals surface area contributed by atoms with Crippen molar-refractivity contribution in [2.75, 3.05) is 0 Å². The lowest BCUT2D eigenvalue weighted by molar-refractivity contribution is -0.123. The summed E-state index contributed by atoms with van der Waals surface area (Å²) in [6.45, 7) is 8.41. The van der Waals surface area contributed by atoms with E-state index in [0.717, 1.165) is 28.1 Å². The van der Waals surface area contributed by atoms with Gasteiger partial charge in [-0.3, -0.25) is 14.2 Å². The minimum atomic E-state index is -0.123. The van der Waals surface area contributed by atoms with Crippen molar-refractivity contribution >= 4 is 27.5 Å². The zero-order chi connectivity index (χ0) is 17.4. The van der Waals surface area contributed by atoms with Crippen LogP contribution in [-0.2, 0) is 11.3 Å². The summed E-state index contributed by atoms with van der Waals surface area (Å²) in [4.78, 5) is 31.3. The third kappa shape index (κ3) is 3.11. The van der Waals surface area contributed by atoms with E-state index in [0.29, 0.717) is 17.2 Å².